The number of ketones is 1. The van der Waals surface area contributed by atoms with Crippen molar-refractivity contribution in [2.24, 2.45) is 0 Å². The van der Waals surface area contributed by atoms with Gasteiger partial charge in [-0.1, -0.05) is 19.1 Å². The maximum Gasteiger partial charge on any atom is 0.220 e. The topological polar surface area (TPSA) is 58.6 Å². The molecule has 0 unspecified atom stereocenters. The van der Waals surface area contributed by atoms with Crippen molar-refractivity contribution in [3.8, 4) is 5.75 Å². The second kappa shape index (κ2) is 11.6. The van der Waals surface area contributed by atoms with Gasteiger partial charge in [0.1, 0.15) is 5.75 Å². The van der Waals surface area contributed by atoms with Gasteiger partial charge in [-0.3, -0.25) is 9.59 Å². The first-order valence-electron chi connectivity index (χ1n) is 10.6. The summed E-state index contributed by atoms with van der Waals surface area (Å²) in [6.45, 7) is 5.36. The lowest BCUT2D eigenvalue weighted by Gasteiger charge is -2.28. The van der Waals surface area contributed by atoms with Gasteiger partial charge < -0.3 is 15.0 Å². The van der Waals surface area contributed by atoms with Crippen molar-refractivity contribution in [2.45, 2.75) is 32.7 Å². The molecule has 160 valence electrons. The van der Waals surface area contributed by atoms with Crippen LogP contribution in [0.15, 0.2) is 48.5 Å². The zero-order valence-corrected chi connectivity index (χ0v) is 18.4. The van der Waals surface area contributed by atoms with Crippen molar-refractivity contribution in [1.82, 2.24) is 5.32 Å². The number of thioether (sulfide) groups is 1. The third kappa shape index (κ3) is 6.80. The Labute approximate surface area is 183 Å². The average molecular weight is 427 g/mol. The van der Waals surface area contributed by atoms with Gasteiger partial charge in [-0.15, -0.1) is 0 Å². The van der Waals surface area contributed by atoms with Crippen LogP contribution in [0.4, 0.5) is 5.69 Å². The third-order valence-electron chi connectivity index (χ3n) is 5.03. The predicted octanol–water partition coefficient (Wildman–Crippen LogP) is 4.31. The molecule has 6 heteroatoms. The Kier molecular flexibility index (Phi) is 8.63. The molecule has 1 heterocycles. The summed E-state index contributed by atoms with van der Waals surface area (Å²) in [6, 6.07) is 15.5. The largest absolute Gasteiger partial charge is 0.494 e. The minimum absolute atomic E-state index is 0.0313. The minimum Gasteiger partial charge on any atom is -0.494 e. The molecule has 0 aliphatic carbocycles. The van der Waals surface area contributed by atoms with E-state index < -0.39 is 0 Å². The van der Waals surface area contributed by atoms with Crippen molar-refractivity contribution in [3.05, 3.63) is 59.7 Å². The fraction of sp³-hybridized carbons (Fsp3) is 0.417. The van der Waals surface area contributed by atoms with Gasteiger partial charge in [-0.2, -0.15) is 11.8 Å². The van der Waals surface area contributed by atoms with Crippen LogP contribution in [-0.2, 0) is 11.3 Å². The van der Waals surface area contributed by atoms with Gasteiger partial charge in [-0.05, 0) is 48.4 Å². The van der Waals surface area contributed by atoms with Crippen LogP contribution in [0.1, 0.15) is 42.1 Å². The van der Waals surface area contributed by atoms with Gasteiger partial charge in [0, 0.05) is 55.2 Å². The number of hydrogen-bond acceptors (Lipinski definition) is 5. The lowest BCUT2D eigenvalue weighted by Crippen LogP contribution is -2.32. The fourth-order valence-electron chi connectivity index (χ4n) is 3.26. The molecule has 0 atom stereocenters. The Balaban J connectivity index is 1.39. The maximum absolute atomic E-state index is 12.3. The molecular formula is C24H30N2O3S. The molecule has 0 bridgehead atoms. The Bertz CT molecular complexity index is 815. The lowest BCUT2D eigenvalue weighted by molar-refractivity contribution is -0.121. The first kappa shape index (κ1) is 22.2. The van der Waals surface area contributed by atoms with Crippen LogP contribution in [-0.4, -0.2) is 42.9 Å². The van der Waals surface area contributed by atoms with Crippen LogP contribution in [0.5, 0.6) is 5.75 Å². The number of amides is 1. The molecule has 3 rings (SSSR count). The molecule has 1 amide bonds. The van der Waals surface area contributed by atoms with Crippen LogP contribution < -0.4 is 15.0 Å². The first-order chi connectivity index (χ1) is 14.7. The highest BCUT2D eigenvalue weighted by atomic mass is 32.2. The van der Waals surface area contributed by atoms with Gasteiger partial charge in [0.15, 0.2) is 5.78 Å². The van der Waals surface area contributed by atoms with E-state index in [1.165, 1.54) is 17.2 Å². The van der Waals surface area contributed by atoms with Crippen LogP contribution in [0.25, 0.3) is 0 Å². The standard InChI is InChI=1S/C24H30N2O3S/c1-2-15-29-22-9-5-20(6-10-22)23(27)11-12-24(28)25-18-19-3-7-21(8-4-19)26-13-16-30-17-14-26/h3-10H,2,11-18H2,1H3,(H,25,28). The van der Waals surface area contributed by atoms with Crippen LogP contribution in [0, 0.1) is 0 Å². The molecule has 0 radical (unpaired) electrons. The van der Waals surface area contributed by atoms with E-state index in [1.807, 2.05) is 18.7 Å². The number of hydrogen-bond donors (Lipinski definition) is 1. The molecule has 2 aromatic rings. The van der Waals surface area contributed by atoms with Crippen molar-refractivity contribution in [3.63, 3.8) is 0 Å². The number of carbonyl (C=O) groups excluding carboxylic acids is 2. The first-order valence-corrected chi connectivity index (χ1v) is 11.8. The van der Waals surface area contributed by atoms with Crippen molar-refractivity contribution >= 4 is 29.1 Å². The molecule has 1 aliphatic rings. The molecule has 2 aromatic carbocycles. The van der Waals surface area contributed by atoms with Crippen molar-refractivity contribution < 1.29 is 14.3 Å². The number of anilines is 1. The number of nitrogens with zero attached hydrogens (tertiary/aromatic N) is 1. The molecule has 0 aromatic heterocycles. The minimum atomic E-state index is -0.108. The molecule has 0 spiro atoms. The zero-order valence-electron chi connectivity index (χ0n) is 17.6. The molecule has 0 saturated carbocycles. The van der Waals surface area contributed by atoms with E-state index in [4.69, 9.17) is 4.74 Å². The fourth-order valence-corrected chi connectivity index (χ4v) is 4.17. The van der Waals surface area contributed by atoms with Gasteiger partial charge in [0.25, 0.3) is 0 Å². The van der Waals surface area contributed by atoms with E-state index in [2.05, 4.69) is 34.5 Å². The van der Waals surface area contributed by atoms with E-state index in [1.54, 1.807) is 24.3 Å². The van der Waals surface area contributed by atoms with E-state index in [0.29, 0.717) is 18.7 Å². The van der Waals surface area contributed by atoms with Gasteiger partial charge in [0.2, 0.25) is 5.91 Å². The summed E-state index contributed by atoms with van der Waals surface area (Å²) in [6.07, 6.45) is 1.33. The molecule has 30 heavy (non-hydrogen) atoms. The van der Waals surface area contributed by atoms with Crippen molar-refractivity contribution in [1.29, 1.82) is 0 Å². The van der Waals surface area contributed by atoms with Crippen LogP contribution in [0.3, 0.4) is 0 Å². The quantitative estimate of drug-likeness (QED) is 0.574. The molecule has 1 saturated heterocycles. The normalized spacial score (nSPS) is 13.7. The highest BCUT2D eigenvalue weighted by Gasteiger charge is 2.12. The zero-order chi connectivity index (χ0) is 21.2. The summed E-state index contributed by atoms with van der Waals surface area (Å²) in [5.74, 6) is 2.97. The van der Waals surface area contributed by atoms with Gasteiger partial charge >= 0.3 is 0 Å². The predicted molar refractivity (Wildman–Crippen MR) is 124 cm³/mol. The Hall–Kier alpha value is -2.47. The third-order valence-corrected chi connectivity index (χ3v) is 5.97. The Morgan fingerprint density at radius 3 is 2.37 bits per heavy atom. The van der Waals surface area contributed by atoms with E-state index in [9.17, 15) is 9.59 Å². The molecule has 1 aliphatic heterocycles. The second-order valence-electron chi connectivity index (χ2n) is 7.34. The number of nitrogens with one attached hydrogen (secondary N) is 1. The number of Topliss-reactive ketones (excluding diaryl/α,β-unsaturated/α-hetero) is 1. The summed E-state index contributed by atoms with van der Waals surface area (Å²) < 4.78 is 5.52. The number of carbonyl (C=O) groups is 2. The summed E-state index contributed by atoms with van der Waals surface area (Å²) in [5, 5.41) is 2.91. The average Bonchev–Trinajstić information content (AvgIpc) is 2.81. The highest BCUT2D eigenvalue weighted by molar-refractivity contribution is 7.99. The molecule has 1 fully saturated rings. The molecular weight excluding hydrogens is 396 g/mol. The van der Waals surface area contributed by atoms with Crippen LogP contribution >= 0.6 is 11.8 Å². The Morgan fingerprint density at radius 2 is 1.70 bits per heavy atom. The van der Waals surface area contributed by atoms with E-state index in [0.717, 1.165) is 30.8 Å². The second-order valence-corrected chi connectivity index (χ2v) is 8.56. The van der Waals surface area contributed by atoms with Crippen LogP contribution in [0.2, 0.25) is 0 Å². The monoisotopic (exact) mass is 426 g/mol. The highest BCUT2D eigenvalue weighted by Crippen LogP contribution is 2.20. The molecule has 5 nitrogen and oxygen atoms in total. The van der Waals surface area contributed by atoms with Gasteiger partial charge in [0.05, 0.1) is 6.61 Å². The maximum atomic E-state index is 12.3. The van der Waals surface area contributed by atoms with Crippen molar-refractivity contribution in [2.75, 3.05) is 36.1 Å². The lowest BCUT2D eigenvalue weighted by atomic mass is 10.1. The number of rotatable bonds is 10. The van der Waals surface area contributed by atoms with Gasteiger partial charge in [-0.25, -0.2) is 0 Å². The summed E-state index contributed by atoms with van der Waals surface area (Å²) >= 11 is 2.00. The number of benzene rings is 2. The summed E-state index contributed by atoms with van der Waals surface area (Å²) in [5.41, 5.74) is 2.91. The smallest absolute Gasteiger partial charge is 0.220 e. The van der Waals surface area contributed by atoms with E-state index >= 15 is 0 Å². The van der Waals surface area contributed by atoms with E-state index in [-0.39, 0.29) is 24.5 Å². The molecule has 1 N–H and O–H groups in total. The summed E-state index contributed by atoms with van der Waals surface area (Å²) in [4.78, 5) is 26.9. The SMILES string of the molecule is CCCOc1ccc(C(=O)CCC(=O)NCc2ccc(N3CCSCC3)cc2)cc1. The number of ether oxygens (including phenoxy) is 1. The Morgan fingerprint density at radius 1 is 1.00 bits per heavy atom. The summed E-state index contributed by atoms with van der Waals surface area (Å²) in [7, 11) is 0.